The summed E-state index contributed by atoms with van der Waals surface area (Å²) < 4.78 is 54.8. The molecular formula is C18H17F3N2O3. The highest BCUT2D eigenvalue weighted by Crippen LogP contribution is 2.38. The number of benzene rings is 2. The molecule has 0 saturated carbocycles. The quantitative estimate of drug-likeness (QED) is 0.830. The van der Waals surface area contributed by atoms with E-state index in [1.165, 1.54) is 27.4 Å². The van der Waals surface area contributed by atoms with Crippen molar-refractivity contribution in [2.45, 2.75) is 12.7 Å². The lowest BCUT2D eigenvalue weighted by atomic mass is 10.1. The number of nitrogens with zero attached hydrogens (tertiary/aromatic N) is 1. The Labute approximate surface area is 148 Å². The van der Waals surface area contributed by atoms with Crippen LogP contribution in [0.2, 0.25) is 0 Å². The van der Waals surface area contributed by atoms with Crippen LogP contribution in [0.1, 0.15) is 16.7 Å². The Balaban J connectivity index is 2.28. The van der Waals surface area contributed by atoms with Gasteiger partial charge in [0.15, 0.2) is 11.5 Å². The van der Waals surface area contributed by atoms with Crippen molar-refractivity contribution < 1.29 is 27.4 Å². The predicted molar refractivity (Wildman–Crippen MR) is 89.6 cm³/mol. The standard InChI is InChI=1S/C18H17F3N2O3/c1-24-15-6-11(7-16(25-2)17(15)26-3)10-23-13-5-4-12(9-22)14(8-13)18(19,20)21/h4-8,23H,10H2,1-3H3. The van der Waals surface area contributed by atoms with Gasteiger partial charge in [0.2, 0.25) is 5.75 Å². The summed E-state index contributed by atoms with van der Waals surface area (Å²) >= 11 is 0. The lowest BCUT2D eigenvalue weighted by Gasteiger charge is -2.15. The average Bonchev–Trinajstić information content (AvgIpc) is 2.64. The summed E-state index contributed by atoms with van der Waals surface area (Å²) in [7, 11) is 4.43. The second-order valence-corrected chi connectivity index (χ2v) is 5.26. The number of anilines is 1. The summed E-state index contributed by atoms with van der Waals surface area (Å²) in [6.45, 7) is 0.222. The molecule has 0 aliphatic carbocycles. The Hall–Kier alpha value is -3.08. The van der Waals surface area contributed by atoms with Crippen LogP contribution in [0.25, 0.3) is 0 Å². The second kappa shape index (κ2) is 7.87. The van der Waals surface area contributed by atoms with E-state index >= 15 is 0 Å². The number of hydrogen-bond acceptors (Lipinski definition) is 5. The lowest BCUT2D eigenvalue weighted by Crippen LogP contribution is -2.09. The van der Waals surface area contributed by atoms with Crippen LogP contribution in [0, 0.1) is 11.3 Å². The zero-order chi connectivity index (χ0) is 19.3. The van der Waals surface area contributed by atoms with Gasteiger partial charge in [-0.3, -0.25) is 0 Å². The highest BCUT2D eigenvalue weighted by Gasteiger charge is 2.33. The highest BCUT2D eigenvalue weighted by atomic mass is 19.4. The van der Waals surface area contributed by atoms with Crippen LogP contribution in [0.4, 0.5) is 18.9 Å². The van der Waals surface area contributed by atoms with E-state index in [4.69, 9.17) is 19.5 Å². The molecule has 0 spiro atoms. The average molecular weight is 366 g/mol. The Kier molecular flexibility index (Phi) is 5.82. The number of ether oxygens (including phenoxy) is 3. The second-order valence-electron chi connectivity index (χ2n) is 5.26. The number of hydrogen-bond donors (Lipinski definition) is 1. The molecule has 0 fully saturated rings. The van der Waals surface area contributed by atoms with Gasteiger partial charge in [0.05, 0.1) is 38.5 Å². The summed E-state index contributed by atoms with van der Waals surface area (Å²) in [5.41, 5.74) is -0.437. The molecule has 8 heteroatoms. The minimum Gasteiger partial charge on any atom is -0.493 e. The topological polar surface area (TPSA) is 63.5 Å². The molecule has 1 N–H and O–H groups in total. The molecule has 0 bridgehead atoms. The molecule has 5 nitrogen and oxygen atoms in total. The Morgan fingerprint density at radius 3 is 2.08 bits per heavy atom. The summed E-state index contributed by atoms with van der Waals surface area (Å²) in [6.07, 6.45) is -4.60. The number of methoxy groups -OCH3 is 3. The maximum atomic E-state index is 13.0. The molecule has 0 aromatic heterocycles. The molecule has 0 amide bonds. The molecule has 0 aliphatic rings. The summed E-state index contributed by atoms with van der Waals surface area (Å²) in [5, 5.41) is 11.7. The van der Waals surface area contributed by atoms with Gasteiger partial charge in [-0.25, -0.2) is 0 Å². The summed E-state index contributed by atoms with van der Waals surface area (Å²) in [6, 6.07) is 8.42. The highest BCUT2D eigenvalue weighted by molar-refractivity contribution is 5.56. The Morgan fingerprint density at radius 1 is 1.00 bits per heavy atom. The minimum atomic E-state index is -4.60. The third kappa shape index (κ3) is 4.11. The maximum absolute atomic E-state index is 13.0. The summed E-state index contributed by atoms with van der Waals surface area (Å²) in [4.78, 5) is 0. The van der Waals surface area contributed by atoms with Gasteiger partial charge in [-0.15, -0.1) is 0 Å². The molecule has 0 saturated heterocycles. The molecule has 0 heterocycles. The van der Waals surface area contributed by atoms with E-state index in [2.05, 4.69) is 5.32 Å². The molecule has 0 atom stereocenters. The van der Waals surface area contributed by atoms with Crippen LogP contribution in [0.5, 0.6) is 17.2 Å². The van der Waals surface area contributed by atoms with Crippen molar-refractivity contribution >= 4 is 5.69 Å². The molecule has 0 aliphatic heterocycles. The fourth-order valence-corrected chi connectivity index (χ4v) is 2.43. The van der Waals surface area contributed by atoms with Gasteiger partial charge in [0.25, 0.3) is 0 Å². The van der Waals surface area contributed by atoms with Crippen LogP contribution in [-0.2, 0) is 12.7 Å². The normalized spacial score (nSPS) is 10.8. The zero-order valence-corrected chi connectivity index (χ0v) is 14.4. The van der Waals surface area contributed by atoms with Crippen LogP contribution in [0.3, 0.4) is 0 Å². The van der Waals surface area contributed by atoms with Gasteiger partial charge in [0, 0.05) is 12.2 Å². The van der Waals surface area contributed by atoms with Crippen molar-refractivity contribution in [3.05, 3.63) is 47.0 Å². The third-order valence-corrected chi connectivity index (χ3v) is 3.67. The molecule has 2 aromatic carbocycles. The fraction of sp³-hybridized carbons (Fsp3) is 0.278. The molecular weight excluding hydrogens is 349 g/mol. The first-order chi connectivity index (χ1) is 12.3. The van der Waals surface area contributed by atoms with Crippen molar-refractivity contribution in [3.8, 4) is 23.3 Å². The largest absolute Gasteiger partial charge is 0.493 e. The van der Waals surface area contributed by atoms with Crippen LogP contribution in [0.15, 0.2) is 30.3 Å². The van der Waals surface area contributed by atoms with Gasteiger partial charge in [0.1, 0.15) is 0 Å². The van der Waals surface area contributed by atoms with Crippen molar-refractivity contribution in [3.63, 3.8) is 0 Å². The molecule has 138 valence electrons. The fourth-order valence-electron chi connectivity index (χ4n) is 2.43. The van der Waals surface area contributed by atoms with Crippen LogP contribution in [-0.4, -0.2) is 21.3 Å². The first-order valence-corrected chi connectivity index (χ1v) is 7.48. The third-order valence-electron chi connectivity index (χ3n) is 3.67. The summed E-state index contributed by atoms with van der Waals surface area (Å²) in [5.74, 6) is 1.32. The van der Waals surface area contributed by atoms with E-state index in [1.807, 2.05) is 0 Å². The van der Waals surface area contributed by atoms with Gasteiger partial charge in [-0.05, 0) is 35.9 Å². The Bertz CT molecular complexity index is 804. The Morgan fingerprint density at radius 2 is 1.62 bits per heavy atom. The molecule has 26 heavy (non-hydrogen) atoms. The van der Waals surface area contributed by atoms with E-state index < -0.39 is 17.3 Å². The molecule has 2 rings (SSSR count). The lowest BCUT2D eigenvalue weighted by molar-refractivity contribution is -0.137. The van der Waals surface area contributed by atoms with E-state index in [9.17, 15) is 13.2 Å². The number of halogens is 3. The minimum absolute atomic E-state index is 0.222. The van der Waals surface area contributed by atoms with E-state index in [-0.39, 0.29) is 12.2 Å². The van der Waals surface area contributed by atoms with Gasteiger partial charge in [-0.1, -0.05) is 0 Å². The number of nitriles is 1. The molecule has 2 aromatic rings. The number of alkyl halides is 3. The predicted octanol–water partition coefficient (Wildman–Crippen LogP) is 4.21. The SMILES string of the molecule is COc1cc(CNc2ccc(C#N)c(C(F)(F)F)c2)cc(OC)c1OC. The van der Waals surface area contributed by atoms with E-state index in [1.54, 1.807) is 18.2 Å². The van der Waals surface area contributed by atoms with Crippen molar-refractivity contribution in [2.24, 2.45) is 0 Å². The van der Waals surface area contributed by atoms with Gasteiger partial charge >= 0.3 is 6.18 Å². The smallest absolute Gasteiger partial charge is 0.417 e. The first-order valence-electron chi connectivity index (χ1n) is 7.48. The molecule has 0 unspecified atom stereocenters. The van der Waals surface area contributed by atoms with E-state index in [0.717, 1.165) is 17.7 Å². The van der Waals surface area contributed by atoms with Crippen molar-refractivity contribution in [1.82, 2.24) is 0 Å². The monoisotopic (exact) mass is 366 g/mol. The van der Waals surface area contributed by atoms with Gasteiger partial charge in [-0.2, -0.15) is 18.4 Å². The molecule has 0 radical (unpaired) electrons. The van der Waals surface area contributed by atoms with Crippen molar-refractivity contribution in [2.75, 3.05) is 26.6 Å². The number of nitrogens with one attached hydrogen (secondary N) is 1. The van der Waals surface area contributed by atoms with Crippen molar-refractivity contribution in [1.29, 1.82) is 5.26 Å². The maximum Gasteiger partial charge on any atom is 0.417 e. The van der Waals surface area contributed by atoms with E-state index in [0.29, 0.717) is 17.2 Å². The first kappa shape index (κ1) is 19.2. The zero-order valence-electron chi connectivity index (χ0n) is 14.4. The number of rotatable bonds is 6. The van der Waals surface area contributed by atoms with Gasteiger partial charge < -0.3 is 19.5 Å². The van der Waals surface area contributed by atoms with Crippen LogP contribution >= 0.6 is 0 Å². The van der Waals surface area contributed by atoms with Crippen LogP contribution < -0.4 is 19.5 Å².